The Hall–Kier alpha value is -0.610. The van der Waals surface area contributed by atoms with E-state index in [1.165, 1.54) is 25.7 Å². The standard InChI is InChI=1S/C15H28N2O2/c1-17(9-10-19-11-12-7-8-12)15(18)13-5-3-2-4-6-14(13)16/h12-14H,2-11,16H2,1H3. The van der Waals surface area contributed by atoms with Gasteiger partial charge < -0.3 is 15.4 Å². The molecule has 0 radical (unpaired) electrons. The van der Waals surface area contributed by atoms with Crippen molar-refractivity contribution in [3.8, 4) is 0 Å². The topological polar surface area (TPSA) is 55.6 Å². The van der Waals surface area contributed by atoms with Crippen LogP contribution < -0.4 is 5.73 Å². The molecule has 0 bridgehead atoms. The van der Waals surface area contributed by atoms with Gasteiger partial charge in [0.1, 0.15) is 0 Å². The van der Waals surface area contributed by atoms with Crippen molar-refractivity contribution >= 4 is 5.91 Å². The second-order valence-corrected chi connectivity index (χ2v) is 6.19. The average molecular weight is 268 g/mol. The molecule has 0 aliphatic heterocycles. The maximum absolute atomic E-state index is 12.4. The highest BCUT2D eigenvalue weighted by Crippen LogP contribution is 2.28. The van der Waals surface area contributed by atoms with E-state index in [1.807, 2.05) is 11.9 Å². The van der Waals surface area contributed by atoms with Crippen LogP contribution >= 0.6 is 0 Å². The summed E-state index contributed by atoms with van der Waals surface area (Å²) in [6, 6.07) is 0.0461. The van der Waals surface area contributed by atoms with E-state index in [1.54, 1.807) is 0 Å². The molecule has 4 nitrogen and oxygen atoms in total. The monoisotopic (exact) mass is 268 g/mol. The van der Waals surface area contributed by atoms with E-state index in [0.29, 0.717) is 13.2 Å². The highest BCUT2D eigenvalue weighted by molar-refractivity contribution is 5.79. The van der Waals surface area contributed by atoms with E-state index in [4.69, 9.17) is 10.5 Å². The fraction of sp³-hybridized carbons (Fsp3) is 0.933. The van der Waals surface area contributed by atoms with E-state index in [2.05, 4.69) is 0 Å². The second kappa shape index (κ2) is 7.25. The summed E-state index contributed by atoms with van der Waals surface area (Å²) in [6.45, 7) is 2.21. The highest BCUT2D eigenvalue weighted by Gasteiger charge is 2.29. The zero-order valence-electron chi connectivity index (χ0n) is 12.1. The van der Waals surface area contributed by atoms with Crippen molar-refractivity contribution in [2.75, 3.05) is 26.8 Å². The van der Waals surface area contributed by atoms with Crippen molar-refractivity contribution < 1.29 is 9.53 Å². The molecule has 110 valence electrons. The molecule has 19 heavy (non-hydrogen) atoms. The van der Waals surface area contributed by atoms with Crippen molar-refractivity contribution in [2.45, 2.75) is 51.0 Å². The number of hydrogen-bond acceptors (Lipinski definition) is 3. The zero-order chi connectivity index (χ0) is 13.7. The van der Waals surface area contributed by atoms with Gasteiger partial charge in [-0.3, -0.25) is 4.79 Å². The number of amides is 1. The summed E-state index contributed by atoms with van der Waals surface area (Å²) in [5.41, 5.74) is 6.14. The Labute approximate surface area is 116 Å². The molecule has 2 unspecified atom stereocenters. The number of rotatable bonds is 6. The molecule has 2 aliphatic carbocycles. The van der Waals surface area contributed by atoms with E-state index < -0.39 is 0 Å². The predicted octanol–water partition coefficient (Wildman–Crippen LogP) is 1.78. The van der Waals surface area contributed by atoms with E-state index in [9.17, 15) is 4.79 Å². The molecular formula is C15H28N2O2. The van der Waals surface area contributed by atoms with Crippen LogP contribution in [-0.2, 0) is 9.53 Å². The SMILES string of the molecule is CN(CCOCC1CC1)C(=O)C1CCCCCC1N. The summed E-state index contributed by atoms with van der Waals surface area (Å²) in [6.07, 6.45) is 8.08. The van der Waals surface area contributed by atoms with Gasteiger partial charge in [0, 0.05) is 26.2 Å². The van der Waals surface area contributed by atoms with Crippen LogP contribution in [0, 0.1) is 11.8 Å². The van der Waals surface area contributed by atoms with Gasteiger partial charge in [-0.2, -0.15) is 0 Å². The van der Waals surface area contributed by atoms with Gasteiger partial charge in [0.25, 0.3) is 0 Å². The molecular weight excluding hydrogens is 240 g/mol. The molecule has 2 N–H and O–H groups in total. The van der Waals surface area contributed by atoms with E-state index in [-0.39, 0.29) is 17.9 Å². The Morgan fingerprint density at radius 3 is 2.68 bits per heavy atom. The number of carbonyl (C=O) groups is 1. The summed E-state index contributed by atoms with van der Waals surface area (Å²) < 4.78 is 5.59. The maximum Gasteiger partial charge on any atom is 0.227 e. The molecule has 0 aromatic carbocycles. The first-order chi connectivity index (χ1) is 9.18. The second-order valence-electron chi connectivity index (χ2n) is 6.19. The number of nitrogens with two attached hydrogens (primary N) is 1. The minimum absolute atomic E-state index is 0.0240. The number of likely N-dealkylation sites (N-methyl/N-ethyl adjacent to an activating group) is 1. The first-order valence-electron chi connectivity index (χ1n) is 7.77. The van der Waals surface area contributed by atoms with Gasteiger partial charge in [-0.15, -0.1) is 0 Å². The van der Waals surface area contributed by atoms with Crippen LogP contribution in [0.25, 0.3) is 0 Å². The van der Waals surface area contributed by atoms with Crippen LogP contribution in [0.4, 0.5) is 0 Å². The zero-order valence-corrected chi connectivity index (χ0v) is 12.1. The van der Waals surface area contributed by atoms with E-state index >= 15 is 0 Å². The molecule has 2 atom stereocenters. The number of carbonyl (C=O) groups excluding carboxylic acids is 1. The lowest BCUT2D eigenvalue weighted by Crippen LogP contribution is -2.43. The van der Waals surface area contributed by atoms with Crippen molar-refractivity contribution in [1.29, 1.82) is 0 Å². The van der Waals surface area contributed by atoms with Crippen molar-refractivity contribution in [3.05, 3.63) is 0 Å². The van der Waals surface area contributed by atoms with Crippen LogP contribution in [0.1, 0.15) is 44.9 Å². The largest absolute Gasteiger partial charge is 0.379 e. The van der Waals surface area contributed by atoms with Gasteiger partial charge in [-0.25, -0.2) is 0 Å². The quantitative estimate of drug-likeness (QED) is 0.590. The van der Waals surface area contributed by atoms with Crippen LogP contribution in [0.2, 0.25) is 0 Å². The molecule has 2 saturated carbocycles. The third kappa shape index (κ3) is 4.77. The highest BCUT2D eigenvalue weighted by atomic mass is 16.5. The van der Waals surface area contributed by atoms with Gasteiger partial charge in [0.05, 0.1) is 12.5 Å². The fourth-order valence-electron chi connectivity index (χ4n) is 2.77. The molecule has 2 aliphatic rings. The summed E-state index contributed by atoms with van der Waals surface area (Å²) in [5.74, 6) is 1.02. The third-order valence-corrected chi connectivity index (χ3v) is 4.38. The molecule has 4 heteroatoms. The molecule has 2 fully saturated rings. The first kappa shape index (κ1) is 14.8. The predicted molar refractivity (Wildman–Crippen MR) is 75.7 cm³/mol. The third-order valence-electron chi connectivity index (χ3n) is 4.38. The Bertz CT molecular complexity index is 292. The number of nitrogens with zero attached hydrogens (tertiary/aromatic N) is 1. The van der Waals surface area contributed by atoms with Crippen molar-refractivity contribution in [3.63, 3.8) is 0 Å². The lowest BCUT2D eigenvalue weighted by atomic mass is 9.94. The first-order valence-corrected chi connectivity index (χ1v) is 7.77. The summed E-state index contributed by atoms with van der Waals surface area (Å²) >= 11 is 0. The molecule has 0 spiro atoms. The average Bonchev–Trinajstić information content (AvgIpc) is 3.21. The normalized spacial score (nSPS) is 27.9. The minimum Gasteiger partial charge on any atom is -0.379 e. The van der Waals surface area contributed by atoms with Crippen LogP contribution in [0.5, 0.6) is 0 Å². The van der Waals surface area contributed by atoms with E-state index in [0.717, 1.165) is 31.8 Å². The van der Waals surface area contributed by atoms with Gasteiger partial charge in [0.2, 0.25) is 5.91 Å². The molecule has 1 amide bonds. The van der Waals surface area contributed by atoms with Crippen LogP contribution in [0.15, 0.2) is 0 Å². The molecule has 0 saturated heterocycles. The Balaban J connectivity index is 1.69. The smallest absolute Gasteiger partial charge is 0.227 e. The Morgan fingerprint density at radius 2 is 1.95 bits per heavy atom. The summed E-state index contributed by atoms with van der Waals surface area (Å²) in [4.78, 5) is 14.2. The van der Waals surface area contributed by atoms with Crippen LogP contribution in [0.3, 0.4) is 0 Å². The van der Waals surface area contributed by atoms with Crippen molar-refractivity contribution in [1.82, 2.24) is 4.90 Å². The van der Waals surface area contributed by atoms with Gasteiger partial charge in [0.15, 0.2) is 0 Å². The van der Waals surface area contributed by atoms with Crippen molar-refractivity contribution in [2.24, 2.45) is 17.6 Å². The maximum atomic E-state index is 12.4. The molecule has 0 aromatic rings. The van der Waals surface area contributed by atoms with Gasteiger partial charge >= 0.3 is 0 Å². The summed E-state index contributed by atoms with van der Waals surface area (Å²) in [7, 11) is 1.88. The Morgan fingerprint density at radius 1 is 1.21 bits per heavy atom. The van der Waals surface area contributed by atoms with Gasteiger partial charge in [-0.1, -0.05) is 19.3 Å². The molecule has 0 aromatic heterocycles. The number of ether oxygens (including phenoxy) is 1. The number of hydrogen-bond donors (Lipinski definition) is 1. The lowest BCUT2D eigenvalue weighted by molar-refractivity contribution is -0.135. The summed E-state index contributed by atoms with van der Waals surface area (Å²) in [5, 5.41) is 0. The molecule has 2 rings (SSSR count). The fourth-order valence-corrected chi connectivity index (χ4v) is 2.77. The Kier molecular flexibility index (Phi) is 5.64. The lowest BCUT2D eigenvalue weighted by Gasteiger charge is -2.26. The molecule has 0 heterocycles. The minimum atomic E-state index is 0.0240. The van der Waals surface area contributed by atoms with Gasteiger partial charge in [-0.05, 0) is 31.6 Å². The van der Waals surface area contributed by atoms with Crippen LogP contribution in [-0.4, -0.2) is 43.7 Å².